The van der Waals surface area contributed by atoms with Crippen molar-refractivity contribution >= 4 is 17.2 Å². The number of carbonyl (C=O) groups excluding carboxylic acids is 1. The summed E-state index contributed by atoms with van der Waals surface area (Å²) in [6, 6.07) is 4.29. The minimum Gasteiger partial charge on any atom is -0.381 e. The zero-order valence-corrected chi connectivity index (χ0v) is 16.5. The first-order chi connectivity index (χ1) is 13.2. The molecule has 0 spiro atoms. The monoisotopic (exact) mass is 389 g/mol. The Morgan fingerprint density at radius 1 is 1.41 bits per heavy atom. The van der Waals surface area contributed by atoms with E-state index >= 15 is 0 Å². The smallest absolute Gasteiger partial charge is 0.223 e. The number of aromatic amines is 1. The Morgan fingerprint density at radius 2 is 2.26 bits per heavy atom. The minimum absolute atomic E-state index is 0.0317. The number of thiophene rings is 1. The van der Waals surface area contributed by atoms with Gasteiger partial charge in [0.1, 0.15) is 5.82 Å². The SMILES string of the molecule is Cc1nc([C@H]2CCN(Cc3cccs3)C[C@H]2NC(=O)C2CCOCC2)n[nH]1. The molecule has 2 aromatic heterocycles. The average Bonchev–Trinajstić information content (AvgIpc) is 3.34. The molecule has 4 rings (SSSR count). The van der Waals surface area contributed by atoms with Crippen LogP contribution in [0.4, 0.5) is 0 Å². The van der Waals surface area contributed by atoms with Gasteiger partial charge in [0.15, 0.2) is 5.82 Å². The zero-order chi connectivity index (χ0) is 18.6. The molecule has 27 heavy (non-hydrogen) atoms. The fraction of sp³-hybridized carbons (Fsp3) is 0.632. The van der Waals surface area contributed by atoms with Crippen LogP contribution in [0, 0.1) is 12.8 Å². The topological polar surface area (TPSA) is 83.1 Å². The van der Waals surface area contributed by atoms with Crippen LogP contribution < -0.4 is 5.32 Å². The quantitative estimate of drug-likeness (QED) is 0.818. The molecule has 2 saturated heterocycles. The van der Waals surface area contributed by atoms with Crippen molar-refractivity contribution in [2.75, 3.05) is 26.3 Å². The fourth-order valence-electron chi connectivity index (χ4n) is 4.03. The van der Waals surface area contributed by atoms with Crippen molar-refractivity contribution in [1.29, 1.82) is 0 Å². The van der Waals surface area contributed by atoms with Crippen molar-refractivity contribution < 1.29 is 9.53 Å². The van der Waals surface area contributed by atoms with Crippen LogP contribution in [-0.4, -0.2) is 58.3 Å². The molecule has 2 aromatic rings. The molecule has 2 aliphatic rings. The average molecular weight is 390 g/mol. The van der Waals surface area contributed by atoms with E-state index in [2.05, 4.69) is 42.9 Å². The van der Waals surface area contributed by atoms with Gasteiger partial charge in [0, 0.05) is 43.0 Å². The van der Waals surface area contributed by atoms with Gasteiger partial charge in [-0.3, -0.25) is 14.8 Å². The van der Waals surface area contributed by atoms with Gasteiger partial charge in [-0.1, -0.05) is 6.07 Å². The lowest BCUT2D eigenvalue weighted by molar-refractivity contribution is -0.129. The zero-order valence-electron chi connectivity index (χ0n) is 15.7. The maximum Gasteiger partial charge on any atom is 0.223 e. The first kappa shape index (κ1) is 18.6. The number of piperidine rings is 1. The van der Waals surface area contributed by atoms with Gasteiger partial charge in [0.2, 0.25) is 5.91 Å². The van der Waals surface area contributed by atoms with Crippen molar-refractivity contribution in [2.24, 2.45) is 5.92 Å². The molecule has 2 aliphatic heterocycles. The van der Waals surface area contributed by atoms with E-state index in [1.54, 1.807) is 11.3 Å². The van der Waals surface area contributed by atoms with Gasteiger partial charge < -0.3 is 10.1 Å². The molecule has 0 aromatic carbocycles. The van der Waals surface area contributed by atoms with E-state index in [4.69, 9.17) is 4.74 Å². The Balaban J connectivity index is 1.46. The molecule has 2 atom stereocenters. The standard InChI is InChI=1S/C19H27N5O2S/c1-13-20-18(23-22-13)16-4-7-24(11-15-3-2-10-27-15)12-17(16)21-19(25)14-5-8-26-9-6-14/h2-3,10,14,16-17H,4-9,11-12H2,1H3,(H,21,25)(H,20,22,23)/t16-,17+/m0/s1. The summed E-state index contributed by atoms with van der Waals surface area (Å²) >= 11 is 1.78. The predicted molar refractivity (Wildman–Crippen MR) is 104 cm³/mol. The summed E-state index contributed by atoms with van der Waals surface area (Å²) in [6.45, 7) is 6.01. The summed E-state index contributed by atoms with van der Waals surface area (Å²) in [5.41, 5.74) is 0. The summed E-state index contributed by atoms with van der Waals surface area (Å²) in [7, 11) is 0. The molecule has 0 saturated carbocycles. The lowest BCUT2D eigenvalue weighted by Crippen LogP contribution is -2.53. The van der Waals surface area contributed by atoms with Crippen LogP contribution in [0.3, 0.4) is 0 Å². The van der Waals surface area contributed by atoms with Crippen molar-refractivity contribution in [1.82, 2.24) is 25.4 Å². The molecular formula is C19H27N5O2S. The highest BCUT2D eigenvalue weighted by molar-refractivity contribution is 7.09. The maximum absolute atomic E-state index is 12.8. The maximum atomic E-state index is 12.8. The molecule has 0 aliphatic carbocycles. The van der Waals surface area contributed by atoms with Crippen LogP contribution >= 0.6 is 11.3 Å². The predicted octanol–water partition coefficient (Wildman–Crippen LogP) is 2.08. The minimum atomic E-state index is 0.0317. The molecule has 4 heterocycles. The van der Waals surface area contributed by atoms with E-state index in [1.807, 2.05) is 6.92 Å². The van der Waals surface area contributed by atoms with Gasteiger partial charge >= 0.3 is 0 Å². The third-order valence-corrected chi connectivity index (χ3v) is 6.38. The molecule has 0 radical (unpaired) electrons. The Bertz CT molecular complexity index is 741. The van der Waals surface area contributed by atoms with Crippen LogP contribution in [-0.2, 0) is 16.1 Å². The number of amides is 1. The Morgan fingerprint density at radius 3 is 2.96 bits per heavy atom. The molecule has 0 unspecified atom stereocenters. The van der Waals surface area contributed by atoms with Gasteiger partial charge in [-0.25, -0.2) is 4.98 Å². The van der Waals surface area contributed by atoms with Gasteiger partial charge in [-0.15, -0.1) is 11.3 Å². The molecule has 146 valence electrons. The number of rotatable bonds is 5. The van der Waals surface area contributed by atoms with E-state index in [-0.39, 0.29) is 23.8 Å². The van der Waals surface area contributed by atoms with Gasteiger partial charge in [0.25, 0.3) is 0 Å². The highest BCUT2D eigenvalue weighted by atomic mass is 32.1. The summed E-state index contributed by atoms with van der Waals surface area (Å²) < 4.78 is 5.40. The summed E-state index contributed by atoms with van der Waals surface area (Å²) in [4.78, 5) is 21.2. The van der Waals surface area contributed by atoms with E-state index < -0.39 is 0 Å². The number of nitrogens with zero attached hydrogens (tertiary/aromatic N) is 3. The van der Waals surface area contributed by atoms with Crippen molar-refractivity contribution in [3.8, 4) is 0 Å². The number of hydrogen-bond donors (Lipinski definition) is 2. The van der Waals surface area contributed by atoms with Crippen molar-refractivity contribution in [3.63, 3.8) is 0 Å². The van der Waals surface area contributed by atoms with Crippen LogP contribution in [0.2, 0.25) is 0 Å². The molecule has 8 heteroatoms. The molecule has 2 fully saturated rings. The van der Waals surface area contributed by atoms with Crippen molar-refractivity contribution in [2.45, 2.75) is 44.7 Å². The highest BCUT2D eigenvalue weighted by Crippen LogP contribution is 2.28. The Labute approximate surface area is 163 Å². The number of aryl methyl sites for hydroxylation is 1. The number of hydrogen-bond acceptors (Lipinski definition) is 6. The molecular weight excluding hydrogens is 362 g/mol. The van der Waals surface area contributed by atoms with Crippen molar-refractivity contribution in [3.05, 3.63) is 34.0 Å². The number of nitrogens with one attached hydrogen (secondary N) is 2. The summed E-state index contributed by atoms with van der Waals surface area (Å²) in [5, 5.41) is 12.8. The van der Waals surface area contributed by atoms with E-state index in [1.165, 1.54) is 4.88 Å². The van der Waals surface area contributed by atoms with Crippen LogP contribution in [0.5, 0.6) is 0 Å². The lowest BCUT2D eigenvalue weighted by Gasteiger charge is -2.38. The van der Waals surface area contributed by atoms with E-state index in [0.29, 0.717) is 13.2 Å². The number of ether oxygens (including phenoxy) is 1. The third kappa shape index (κ3) is 4.56. The molecule has 0 bridgehead atoms. The lowest BCUT2D eigenvalue weighted by atomic mass is 9.89. The molecule has 7 nitrogen and oxygen atoms in total. The Hall–Kier alpha value is -1.77. The second-order valence-corrected chi connectivity index (χ2v) is 8.52. The first-order valence-electron chi connectivity index (χ1n) is 9.71. The highest BCUT2D eigenvalue weighted by Gasteiger charge is 2.35. The number of aromatic nitrogens is 3. The van der Waals surface area contributed by atoms with Gasteiger partial charge in [0.05, 0.1) is 6.04 Å². The summed E-state index contributed by atoms with van der Waals surface area (Å²) in [5.74, 6) is 2.00. The van der Waals surface area contributed by atoms with Gasteiger partial charge in [-0.05, 0) is 44.2 Å². The van der Waals surface area contributed by atoms with E-state index in [0.717, 1.165) is 50.5 Å². The van der Waals surface area contributed by atoms with Crippen LogP contribution in [0.15, 0.2) is 17.5 Å². The Kier molecular flexibility index (Phi) is 5.85. The van der Waals surface area contributed by atoms with Crippen LogP contribution in [0.1, 0.15) is 41.7 Å². The summed E-state index contributed by atoms with van der Waals surface area (Å²) in [6.07, 6.45) is 2.56. The molecule has 2 N–H and O–H groups in total. The van der Waals surface area contributed by atoms with Crippen LogP contribution in [0.25, 0.3) is 0 Å². The number of carbonyl (C=O) groups is 1. The fourth-order valence-corrected chi connectivity index (χ4v) is 4.77. The number of likely N-dealkylation sites (tertiary alicyclic amines) is 1. The van der Waals surface area contributed by atoms with Gasteiger partial charge in [-0.2, -0.15) is 5.10 Å². The van der Waals surface area contributed by atoms with E-state index in [9.17, 15) is 4.79 Å². The number of H-pyrrole nitrogens is 1. The second kappa shape index (κ2) is 8.50. The third-order valence-electron chi connectivity index (χ3n) is 5.52. The molecule has 1 amide bonds. The second-order valence-electron chi connectivity index (χ2n) is 7.49. The largest absolute Gasteiger partial charge is 0.381 e. The first-order valence-corrected chi connectivity index (χ1v) is 10.6. The normalized spacial score (nSPS) is 24.8.